The van der Waals surface area contributed by atoms with Crippen LogP contribution in [-0.4, -0.2) is 16.9 Å². The third-order valence-corrected chi connectivity index (χ3v) is 2.24. The van der Waals surface area contributed by atoms with E-state index in [9.17, 15) is 9.59 Å². The van der Waals surface area contributed by atoms with E-state index in [2.05, 4.69) is 0 Å². The Morgan fingerprint density at radius 3 is 2.19 bits per heavy atom. The molecular formula is C13H16O3. The average molecular weight is 220 g/mol. The molecule has 0 saturated heterocycles. The van der Waals surface area contributed by atoms with Crippen LogP contribution in [-0.2, 0) is 11.2 Å². The van der Waals surface area contributed by atoms with Gasteiger partial charge >= 0.3 is 5.97 Å². The van der Waals surface area contributed by atoms with E-state index in [1.54, 1.807) is 12.1 Å². The largest absolute Gasteiger partial charge is 0.478 e. The van der Waals surface area contributed by atoms with E-state index in [-0.39, 0.29) is 11.3 Å². The van der Waals surface area contributed by atoms with Crippen molar-refractivity contribution in [1.82, 2.24) is 0 Å². The fourth-order valence-corrected chi connectivity index (χ4v) is 1.52. The third-order valence-electron chi connectivity index (χ3n) is 2.24. The van der Waals surface area contributed by atoms with Gasteiger partial charge in [0.05, 0.1) is 5.56 Å². The van der Waals surface area contributed by atoms with Gasteiger partial charge in [-0.05, 0) is 23.6 Å². The summed E-state index contributed by atoms with van der Waals surface area (Å²) in [6.45, 7) is 4.01. The summed E-state index contributed by atoms with van der Waals surface area (Å²) in [7, 11) is 0. The highest BCUT2D eigenvalue weighted by molar-refractivity contribution is 5.88. The van der Waals surface area contributed by atoms with Crippen molar-refractivity contribution < 1.29 is 14.7 Å². The Morgan fingerprint density at radius 2 is 1.75 bits per heavy atom. The summed E-state index contributed by atoms with van der Waals surface area (Å²) in [5, 5.41) is 8.71. The average Bonchev–Trinajstić information content (AvgIpc) is 2.16. The zero-order valence-electron chi connectivity index (χ0n) is 9.56. The minimum atomic E-state index is -0.944. The standard InChI is InChI=1S/C13H16O3/c1-9(2)7-12(14)8-10-3-5-11(6-4-10)13(15)16/h3-6,9H,7-8H2,1-2H3,(H,15,16). The second-order valence-corrected chi connectivity index (χ2v) is 4.32. The minimum absolute atomic E-state index is 0.193. The van der Waals surface area contributed by atoms with E-state index in [0.717, 1.165) is 5.56 Å². The van der Waals surface area contributed by atoms with Gasteiger partial charge in [-0.25, -0.2) is 4.79 Å². The number of aromatic carboxylic acids is 1. The van der Waals surface area contributed by atoms with Crippen molar-refractivity contribution in [2.24, 2.45) is 5.92 Å². The predicted octanol–water partition coefficient (Wildman–Crippen LogP) is 2.54. The van der Waals surface area contributed by atoms with Crippen LogP contribution in [0, 0.1) is 5.92 Å². The maximum Gasteiger partial charge on any atom is 0.335 e. The Bertz CT molecular complexity index is 377. The summed E-state index contributed by atoms with van der Waals surface area (Å²) in [5.41, 5.74) is 1.12. The lowest BCUT2D eigenvalue weighted by atomic mass is 10.0. The number of hydrogen-bond donors (Lipinski definition) is 1. The fraction of sp³-hybridized carbons (Fsp3) is 0.385. The van der Waals surface area contributed by atoms with Crippen molar-refractivity contribution in [3.05, 3.63) is 35.4 Å². The normalized spacial score (nSPS) is 10.4. The first-order valence-corrected chi connectivity index (χ1v) is 5.33. The lowest BCUT2D eigenvalue weighted by Gasteiger charge is -2.04. The summed E-state index contributed by atoms with van der Waals surface area (Å²) in [5.74, 6) is -0.385. The van der Waals surface area contributed by atoms with E-state index < -0.39 is 5.97 Å². The van der Waals surface area contributed by atoms with Crippen LogP contribution in [0.3, 0.4) is 0 Å². The van der Waals surface area contributed by atoms with Crippen LogP contribution in [0.15, 0.2) is 24.3 Å². The number of Topliss-reactive ketones (excluding diaryl/α,β-unsaturated/α-hetero) is 1. The minimum Gasteiger partial charge on any atom is -0.478 e. The van der Waals surface area contributed by atoms with Crippen molar-refractivity contribution in [3.8, 4) is 0 Å². The van der Waals surface area contributed by atoms with Gasteiger partial charge in [0, 0.05) is 12.8 Å². The smallest absolute Gasteiger partial charge is 0.335 e. The molecule has 1 rings (SSSR count). The molecule has 86 valence electrons. The fourth-order valence-electron chi connectivity index (χ4n) is 1.52. The van der Waals surface area contributed by atoms with Crippen LogP contribution in [0.2, 0.25) is 0 Å². The monoisotopic (exact) mass is 220 g/mol. The maximum absolute atomic E-state index is 11.5. The molecule has 0 radical (unpaired) electrons. The first-order chi connectivity index (χ1) is 7.49. The molecule has 0 saturated carbocycles. The van der Waals surface area contributed by atoms with Gasteiger partial charge < -0.3 is 5.11 Å². The molecular weight excluding hydrogens is 204 g/mol. The van der Waals surface area contributed by atoms with Crippen LogP contribution in [0.5, 0.6) is 0 Å². The first-order valence-electron chi connectivity index (χ1n) is 5.33. The number of carbonyl (C=O) groups excluding carboxylic acids is 1. The number of carboxylic acid groups (broad SMARTS) is 1. The molecule has 0 aromatic heterocycles. The molecule has 0 fully saturated rings. The maximum atomic E-state index is 11.5. The van der Waals surface area contributed by atoms with E-state index >= 15 is 0 Å². The van der Waals surface area contributed by atoms with Gasteiger partial charge in [-0.3, -0.25) is 4.79 Å². The zero-order valence-corrected chi connectivity index (χ0v) is 9.56. The van der Waals surface area contributed by atoms with E-state index in [1.165, 1.54) is 12.1 Å². The number of carbonyl (C=O) groups is 2. The Hall–Kier alpha value is -1.64. The number of ketones is 1. The molecule has 16 heavy (non-hydrogen) atoms. The molecule has 0 amide bonds. The molecule has 0 spiro atoms. The summed E-state index contributed by atoms with van der Waals surface area (Å²) >= 11 is 0. The predicted molar refractivity (Wildman–Crippen MR) is 61.6 cm³/mol. The Kier molecular flexibility index (Phi) is 4.23. The van der Waals surface area contributed by atoms with Gasteiger partial charge in [0.2, 0.25) is 0 Å². The lowest BCUT2D eigenvalue weighted by Crippen LogP contribution is -2.06. The number of benzene rings is 1. The second kappa shape index (κ2) is 5.45. The summed E-state index contributed by atoms with van der Waals surface area (Å²) in [6, 6.07) is 6.45. The highest BCUT2D eigenvalue weighted by atomic mass is 16.4. The van der Waals surface area contributed by atoms with Crippen LogP contribution < -0.4 is 0 Å². The van der Waals surface area contributed by atoms with Crippen molar-refractivity contribution in [3.63, 3.8) is 0 Å². The topological polar surface area (TPSA) is 54.4 Å². The van der Waals surface area contributed by atoms with Crippen LogP contribution >= 0.6 is 0 Å². The Morgan fingerprint density at radius 1 is 1.19 bits per heavy atom. The van der Waals surface area contributed by atoms with Crippen molar-refractivity contribution in [2.45, 2.75) is 26.7 Å². The first kappa shape index (κ1) is 12.4. The highest BCUT2D eigenvalue weighted by Crippen LogP contribution is 2.09. The van der Waals surface area contributed by atoms with E-state index in [4.69, 9.17) is 5.11 Å². The van der Waals surface area contributed by atoms with Gasteiger partial charge in [0.25, 0.3) is 0 Å². The SMILES string of the molecule is CC(C)CC(=O)Cc1ccc(C(=O)O)cc1. The van der Waals surface area contributed by atoms with Crippen molar-refractivity contribution in [1.29, 1.82) is 0 Å². The van der Waals surface area contributed by atoms with Gasteiger partial charge in [-0.15, -0.1) is 0 Å². The van der Waals surface area contributed by atoms with Gasteiger partial charge in [0.1, 0.15) is 5.78 Å². The van der Waals surface area contributed by atoms with E-state index in [1.807, 2.05) is 13.8 Å². The molecule has 0 aliphatic heterocycles. The zero-order chi connectivity index (χ0) is 12.1. The highest BCUT2D eigenvalue weighted by Gasteiger charge is 2.07. The van der Waals surface area contributed by atoms with E-state index in [0.29, 0.717) is 18.8 Å². The summed E-state index contributed by atoms with van der Waals surface area (Å²) in [6.07, 6.45) is 0.957. The molecule has 1 N–H and O–H groups in total. The molecule has 0 heterocycles. The quantitative estimate of drug-likeness (QED) is 0.829. The van der Waals surface area contributed by atoms with Crippen LogP contribution in [0.1, 0.15) is 36.2 Å². The van der Waals surface area contributed by atoms with Gasteiger partial charge in [-0.2, -0.15) is 0 Å². The molecule has 0 bridgehead atoms. The molecule has 1 aromatic rings. The number of rotatable bonds is 5. The van der Waals surface area contributed by atoms with Crippen molar-refractivity contribution in [2.75, 3.05) is 0 Å². The molecule has 0 aliphatic carbocycles. The van der Waals surface area contributed by atoms with Crippen molar-refractivity contribution >= 4 is 11.8 Å². The molecule has 3 heteroatoms. The van der Waals surface area contributed by atoms with Gasteiger partial charge in [0.15, 0.2) is 0 Å². The third kappa shape index (κ3) is 3.85. The van der Waals surface area contributed by atoms with Crippen LogP contribution in [0.25, 0.3) is 0 Å². The molecule has 0 atom stereocenters. The Labute approximate surface area is 95.1 Å². The lowest BCUT2D eigenvalue weighted by molar-refractivity contribution is -0.119. The van der Waals surface area contributed by atoms with Crippen LogP contribution in [0.4, 0.5) is 0 Å². The summed E-state index contributed by atoms with van der Waals surface area (Å²) in [4.78, 5) is 22.1. The number of carboxylic acids is 1. The van der Waals surface area contributed by atoms with Gasteiger partial charge in [-0.1, -0.05) is 26.0 Å². The molecule has 1 aromatic carbocycles. The molecule has 0 aliphatic rings. The number of hydrogen-bond acceptors (Lipinski definition) is 2. The molecule has 3 nitrogen and oxygen atoms in total. The molecule has 0 unspecified atom stereocenters. The second-order valence-electron chi connectivity index (χ2n) is 4.32. The Balaban J connectivity index is 2.62. The summed E-state index contributed by atoms with van der Waals surface area (Å²) < 4.78 is 0.